The molecule has 0 heterocycles. The van der Waals surface area contributed by atoms with E-state index in [0.29, 0.717) is 12.5 Å². The summed E-state index contributed by atoms with van der Waals surface area (Å²) in [6, 6.07) is 1.33. The summed E-state index contributed by atoms with van der Waals surface area (Å²) in [5.41, 5.74) is 4.75. The Morgan fingerprint density at radius 3 is 2.56 bits per heavy atom. The fourth-order valence-corrected chi connectivity index (χ4v) is 1.29. The summed E-state index contributed by atoms with van der Waals surface area (Å²) in [7, 11) is 0. The van der Waals surface area contributed by atoms with Crippen LogP contribution in [0.3, 0.4) is 0 Å². The van der Waals surface area contributed by atoms with Gasteiger partial charge in [-0.25, -0.2) is 4.39 Å². The summed E-state index contributed by atoms with van der Waals surface area (Å²) in [5, 5.41) is 10.3. The van der Waals surface area contributed by atoms with Crippen molar-refractivity contribution in [3.05, 3.63) is 39.4 Å². The van der Waals surface area contributed by atoms with Crippen molar-refractivity contribution in [3.8, 4) is 0 Å². The summed E-state index contributed by atoms with van der Waals surface area (Å²) < 4.78 is 26.5. The number of nitro benzene ring substituents is 1. The number of rotatable bonds is 4. The molecule has 0 aliphatic rings. The Morgan fingerprint density at radius 2 is 2.06 bits per heavy atom. The molecule has 0 aliphatic heterocycles. The van der Waals surface area contributed by atoms with Crippen LogP contribution >= 0.6 is 0 Å². The van der Waals surface area contributed by atoms with E-state index in [9.17, 15) is 18.9 Å². The number of benzene rings is 1. The zero-order valence-corrected chi connectivity index (χ0v) is 8.74. The van der Waals surface area contributed by atoms with Gasteiger partial charge in [0.25, 0.3) is 0 Å². The average Bonchev–Trinajstić information content (AvgIpc) is 2.18. The Balaban J connectivity index is 2.96. The molecule has 1 atom stereocenters. The molecule has 16 heavy (non-hydrogen) atoms. The van der Waals surface area contributed by atoms with E-state index in [4.69, 9.17) is 5.73 Å². The second kappa shape index (κ2) is 4.98. The number of hydrogen-bond acceptors (Lipinski definition) is 3. The highest BCUT2D eigenvalue weighted by Gasteiger charge is 2.18. The van der Waals surface area contributed by atoms with Crippen molar-refractivity contribution in [1.82, 2.24) is 0 Å². The second-order valence-corrected chi connectivity index (χ2v) is 3.67. The number of hydrogen-bond donors (Lipinski definition) is 1. The highest BCUT2D eigenvalue weighted by Crippen LogP contribution is 2.22. The predicted octanol–water partition coefficient (Wildman–Crippen LogP) is 2.15. The first kappa shape index (κ1) is 12.5. The Labute approximate surface area is 91.2 Å². The zero-order valence-electron chi connectivity index (χ0n) is 8.74. The first-order chi connectivity index (χ1) is 7.41. The smallest absolute Gasteiger partial charge is 0.307 e. The van der Waals surface area contributed by atoms with Crippen LogP contribution in [0.1, 0.15) is 18.9 Å². The van der Waals surface area contributed by atoms with Crippen molar-refractivity contribution in [2.45, 2.75) is 25.8 Å². The first-order valence-corrected chi connectivity index (χ1v) is 4.79. The van der Waals surface area contributed by atoms with E-state index in [1.54, 1.807) is 6.92 Å². The third kappa shape index (κ3) is 2.96. The zero-order chi connectivity index (χ0) is 12.3. The number of nitrogens with zero attached hydrogens (tertiary/aromatic N) is 1. The normalized spacial score (nSPS) is 12.5. The van der Waals surface area contributed by atoms with Crippen LogP contribution in [-0.2, 0) is 6.42 Å². The molecule has 1 aromatic carbocycles. The van der Waals surface area contributed by atoms with Crippen LogP contribution in [0.25, 0.3) is 0 Å². The molecule has 0 spiro atoms. The third-order valence-corrected chi connectivity index (χ3v) is 2.18. The molecule has 0 saturated heterocycles. The van der Waals surface area contributed by atoms with Crippen LogP contribution in [0.15, 0.2) is 12.1 Å². The maximum atomic E-state index is 13.3. The first-order valence-electron chi connectivity index (χ1n) is 4.79. The molecule has 0 radical (unpaired) electrons. The van der Waals surface area contributed by atoms with Gasteiger partial charge in [-0.05, 0) is 31.4 Å². The van der Waals surface area contributed by atoms with E-state index in [0.717, 1.165) is 6.07 Å². The molecule has 0 fully saturated rings. The molecule has 1 aromatic rings. The standard InChI is InChI=1S/C10H12F2N2O2/c1-6(13)2-3-7-4-9(12)10(14(15)16)5-8(7)11/h4-6H,2-3,13H2,1H3/t6-/m1/s1. The lowest BCUT2D eigenvalue weighted by Gasteiger charge is -2.06. The van der Waals surface area contributed by atoms with Crippen molar-refractivity contribution < 1.29 is 13.7 Å². The molecule has 0 bridgehead atoms. The van der Waals surface area contributed by atoms with Gasteiger partial charge >= 0.3 is 5.69 Å². The molecule has 0 aromatic heterocycles. The molecular formula is C10H12F2N2O2. The van der Waals surface area contributed by atoms with E-state index >= 15 is 0 Å². The van der Waals surface area contributed by atoms with Gasteiger partial charge in [0.1, 0.15) is 5.82 Å². The summed E-state index contributed by atoms with van der Waals surface area (Å²) in [6.45, 7) is 1.75. The lowest BCUT2D eigenvalue weighted by Crippen LogP contribution is -2.15. The summed E-state index contributed by atoms with van der Waals surface area (Å²) >= 11 is 0. The molecule has 88 valence electrons. The minimum absolute atomic E-state index is 0.111. The fourth-order valence-electron chi connectivity index (χ4n) is 1.29. The molecule has 1 rings (SSSR count). The van der Waals surface area contributed by atoms with Crippen LogP contribution in [0.5, 0.6) is 0 Å². The Morgan fingerprint density at radius 1 is 1.44 bits per heavy atom. The molecule has 0 unspecified atom stereocenters. The van der Waals surface area contributed by atoms with Gasteiger partial charge in [-0.1, -0.05) is 0 Å². The summed E-state index contributed by atoms with van der Waals surface area (Å²) in [6.07, 6.45) is 0.757. The molecular weight excluding hydrogens is 218 g/mol. The Kier molecular flexibility index (Phi) is 3.89. The average molecular weight is 230 g/mol. The van der Waals surface area contributed by atoms with E-state index in [1.807, 2.05) is 0 Å². The minimum Gasteiger partial charge on any atom is -0.328 e. The highest BCUT2D eigenvalue weighted by atomic mass is 19.1. The monoisotopic (exact) mass is 230 g/mol. The molecule has 0 amide bonds. The van der Waals surface area contributed by atoms with Crippen LogP contribution in [-0.4, -0.2) is 11.0 Å². The molecule has 4 nitrogen and oxygen atoms in total. The second-order valence-electron chi connectivity index (χ2n) is 3.67. The van der Waals surface area contributed by atoms with Crippen LogP contribution in [0.2, 0.25) is 0 Å². The van der Waals surface area contributed by atoms with E-state index in [2.05, 4.69) is 0 Å². The number of nitrogens with two attached hydrogens (primary N) is 1. The Bertz CT molecular complexity index is 408. The van der Waals surface area contributed by atoms with Crippen molar-refractivity contribution in [3.63, 3.8) is 0 Å². The van der Waals surface area contributed by atoms with Gasteiger partial charge in [0.15, 0.2) is 0 Å². The highest BCUT2D eigenvalue weighted by molar-refractivity contribution is 5.36. The van der Waals surface area contributed by atoms with Crippen LogP contribution < -0.4 is 5.73 Å². The van der Waals surface area contributed by atoms with Gasteiger partial charge in [-0.2, -0.15) is 4.39 Å². The van der Waals surface area contributed by atoms with E-state index in [-0.39, 0.29) is 18.0 Å². The largest absolute Gasteiger partial charge is 0.328 e. The number of nitro groups is 1. The lowest BCUT2D eigenvalue weighted by atomic mass is 10.1. The number of halogens is 2. The summed E-state index contributed by atoms with van der Waals surface area (Å²) in [4.78, 5) is 9.38. The van der Waals surface area contributed by atoms with Crippen LogP contribution in [0, 0.1) is 21.7 Å². The van der Waals surface area contributed by atoms with Crippen molar-refractivity contribution >= 4 is 5.69 Å². The van der Waals surface area contributed by atoms with Crippen LogP contribution in [0.4, 0.5) is 14.5 Å². The number of aryl methyl sites for hydroxylation is 1. The van der Waals surface area contributed by atoms with Crippen molar-refractivity contribution in [2.75, 3.05) is 0 Å². The SMILES string of the molecule is C[C@@H](N)CCc1cc(F)c([N+](=O)[O-])cc1F. The quantitative estimate of drug-likeness (QED) is 0.636. The van der Waals surface area contributed by atoms with E-state index < -0.39 is 22.2 Å². The Hall–Kier alpha value is -1.56. The van der Waals surface area contributed by atoms with Crippen molar-refractivity contribution in [1.29, 1.82) is 0 Å². The molecule has 6 heteroatoms. The molecule has 0 saturated carbocycles. The van der Waals surface area contributed by atoms with Gasteiger partial charge in [-0.3, -0.25) is 10.1 Å². The van der Waals surface area contributed by atoms with Gasteiger partial charge in [0.2, 0.25) is 5.82 Å². The van der Waals surface area contributed by atoms with Crippen molar-refractivity contribution in [2.24, 2.45) is 5.73 Å². The summed E-state index contributed by atoms with van der Waals surface area (Å²) in [5.74, 6) is -1.79. The maximum Gasteiger partial charge on any atom is 0.307 e. The lowest BCUT2D eigenvalue weighted by molar-refractivity contribution is -0.387. The van der Waals surface area contributed by atoms with Gasteiger partial charge in [0, 0.05) is 6.04 Å². The van der Waals surface area contributed by atoms with Gasteiger partial charge in [-0.15, -0.1) is 0 Å². The van der Waals surface area contributed by atoms with E-state index in [1.165, 1.54) is 0 Å². The minimum atomic E-state index is -1.02. The molecule has 2 N–H and O–H groups in total. The van der Waals surface area contributed by atoms with Gasteiger partial charge < -0.3 is 5.73 Å². The topological polar surface area (TPSA) is 69.2 Å². The molecule has 0 aliphatic carbocycles. The third-order valence-electron chi connectivity index (χ3n) is 2.18. The predicted molar refractivity (Wildman–Crippen MR) is 55.0 cm³/mol. The maximum absolute atomic E-state index is 13.3. The van der Waals surface area contributed by atoms with Gasteiger partial charge in [0.05, 0.1) is 11.0 Å². The fraction of sp³-hybridized carbons (Fsp3) is 0.400.